The number of pyridine rings is 2. The maximum absolute atomic E-state index is 12.7. The van der Waals surface area contributed by atoms with Gasteiger partial charge in [-0.25, -0.2) is 23.2 Å². The van der Waals surface area contributed by atoms with Crippen LogP contribution in [0.3, 0.4) is 0 Å². The van der Waals surface area contributed by atoms with E-state index in [0.29, 0.717) is 4.31 Å². The molecule has 120 valence electrons. The summed E-state index contributed by atoms with van der Waals surface area (Å²) in [6.45, 7) is 0. The van der Waals surface area contributed by atoms with Crippen LogP contribution in [-0.2, 0) is 10.0 Å². The Morgan fingerprint density at radius 2 is 2.00 bits per heavy atom. The zero-order valence-corrected chi connectivity index (χ0v) is 13.0. The van der Waals surface area contributed by atoms with Crippen molar-refractivity contribution in [1.82, 2.24) is 9.97 Å². The van der Waals surface area contributed by atoms with Gasteiger partial charge in [-0.05, 0) is 12.1 Å². The number of methoxy groups -OCH3 is 2. The molecule has 0 aliphatic carbocycles. The number of anilines is 2. The third-order valence-electron chi connectivity index (χ3n) is 3.15. The maximum atomic E-state index is 12.7. The van der Waals surface area contributed by atoms with Gasteiger partial charge >= 0.3 is 6.03 Å². The fourth-order valence-electron chi connectivity index (χ4n) is 2.14. The van der Waals surface area contributed by atoms with Crippen LogP contribution in [-0.4, -0.2) is 38.6 Å². The Labute approximate surface area is 131 Å². The Morgan fingerprint density at radius 1 is 1.22 bits per heavy atom. The van der Waals surface area contributed by atoms with Crippen LogP contribution in [0.15, 0.2) is 35.5 Å². The normalized spacial score (nSPS) is 15.6. The fourth-order valence-corrected chi connectivity index (χ4v) is 3.58. The molecule has 2 amide bonds. The van der Waals surface area contributed by atoms with Gasteiger partial charge in [0.25, 0.3) is 15.9 Å². The Balaban J connectivity index is 2.15. The van der Waals surface area contributed by atoms with Gasteiger partial charge in [0.15, 0.2) is 11.6 Å². The summed E-state index contributed by atoms with van der Waals surface area (Å²) in [5.41, 5.74) is 0.0228. The molecule has 0 aromatic carbocycles. The monoisotopic (exact) mass is 336 g/mol. The summed E-state index contributed by atoms with van der Waals surface area (Å²) < 4.78 is 36.1. The van der Waals surface area contributed by atoms with Gasteiger partial charge in [-0.1, -0.05) is 0 Å². The highest BCUT2D eigenvalue weighted by Gasteiger charge is 2.39. The SMILES string of the molecule is COc1cc(N2C(=O)Nc3ncccc3S2(=O)=O)cnc1OC. The van der Waals surface area contributed by atoms with E-state index in [0.717, 1.165) is 0 Å². The Bertz CT molecular complexity index is 884. The number of ether oxygens (including phenoxy) is 2. The van der Waals surface area contributed by atoms with E-state index in [2.05, 4.69) is 15.3 Å². The lowest BCUT2D eigenvalue weighted by Gasteiger charge is -2.27. The van der Waals surface area contributed by atoms with Crippen molar-refractivity contribution in [2.24, 2.45) is 0 Å². The zero-order chi connectivity index (χ0) is 16.6. The molecule has 0 radical (unpaired) electrons. The van der Waals surface area contributed by atoms with Crippen molar-refractivity contribution in [3.05, 3.63) is 30.6 Å². The standard InChI is InChI=1S/C13H12N4O5S/c1-21-9-6-8(7-15-12(9)22-2)17-13(18)16-11-10(23(17,19)20)4-3-5-14-11/h3-7H,1-2H3,(H,14,16,18). The highest BCUT2D eigenvalue weighted by atomic mass is 32.2. The number of nitrogens with one attached hydrogen (secondary N) is 1. The molecule has 0 saturated carbocycles. The largest absolute Gasteiger partial charge is 0.491 e. The van der Waals surface area contributed by atoms with Crippen LogP contribution >= 0.6 is 0 Å². The van der Waals surface area contributed by atoms with E-state index in [9.17, 15) is 13.2 Å². The lowest BCUT2D eigenvalue weighted by molar-refractivity contribution is 0.259. The van der Waals surface area contributed by atoms with E-state index in [1.165, 1.54) is 44.8 Å². The van der Waals surface area contributed by atoms with Crippen LogP contribution in [0, 0.1) is 0 Å². The Hall–Kier alpha value is -2.88. The second-order valence-corrected chi connectivity index (χ2v) is 6.21. The molecule has 0 bridgehead atoms. The minimum absolute atomic E-state index is 0.0119. The average molecular weight is 336 g/mol. The van der Waals surface area contributed by atoms with Gasteiger partial charge in [0.1, 0.15) is 4.90 Å². The van der Waals surface area contributed by atoms with Crippen LogP contribution in [0.5, 0.6) is 11.6 Å². The van der Waals surface area contributed by atoms with Gasteiger partial charge in [0.05, 0.1) is 26.1 Å². The molecule has 3 heterocycles. The van der Waals surface area contributed by atoms with E-state index in [4.69, 9.17) is 9.47 Å². The first-order valence-corrected chi connectivity index (χ1v) is 7.82. The van der Waals surface area contributed by atoms with Crippen LogP contribution in [0.1, 0.15) is 0 Å². The number of carbonyl (C=O) groups excluding carboxylic acids is 1. The quantitative estimate of drug-likeness (QED) is 0.897. The van der Waals surface area contributed by atoms with Crippen molar-refractivity contribution >= 4 is 27.6 Å². The third kappa shape index (κ3) is 2.32. The second kappa shape index (κ2) is 5.39. The molecule has 2 aromatic rings. The minimum Gasteiger partial charge on any atom is -0.491 e. The summed E-state index contributed by atoms with van der Waals surface area (Å²) in [4.78, 5) is 19.9. The number of aromatic nitrogens is 2. The van der Waals surface area contributed by atoms with Crippen LogP contribution in [0.25, 0.3) is 0 Å². The van der Waals surface area contributed by atoms with Crippen molar-refractivity contribution in [1.29, 1.82) is 0 Å². The summed E-state index contributed by atoms with van der Waals surface area (Å²) in [7, 11) is -1.33. The van der Waals surface area contributed by atoms with Crippen molar-refractivity contribution < 1.29 is 22.7 Å². The smallest absolute Gasteiger partial charge is 0.341 e. The molecule has 2 aromatic heterocycles. The summed E-state index contributed by atoms with van der Waals surface area (Å²) in [6, 6.07) is 3.33. The zero-order valence-electron chi connectivity index (χ0n) is 12.2. The summed E-state index contributed by atoms with van der Waals surface area (Å²) in [6.07, 6.45) is 2.60. The fraction of sp³-hybridized carbons (Fsp3) is 0.154. The van der Waals surface area contributed by atoms with E-state index in [1.807, 2.05) is 0 Å². The Morgan fingerprint density at radius 3 is 2.70 bits per heavy atom. The molecular weight excluding hydrogens is 324 g/mol. The van der Waals surface area contributed by atoms with E-state index in [1.54, 1.807) is 0 Å². The lowest BCUT2D eigenvalue weighted by Crippen LogP contribution is -2.44. The second-order valence-electron chi connectivity index (χ2n) is 4.45. The Kier molecular flexibility index (Phi) is 3.52. The summed E-state index contributed by atoms with van der Waals surface area (Å²) in [5, 5.41) is 2.43. The number of hydrogen-bond acceptors (Lipinski definition) is 7. The van der Waals surface area contributed by atoms with Crippen LogP contribution < -0.4 is 19.1 Å². The summed E-state index contributed by atoms with van der Waals surface area (Å²) in [5.74, 6) is 0.361. The first-order valence-electron chi connectivity index (χ1n) is 6.38. The molecule has 1 aliphatic heterocycles. The minimum atomic E-state index is -4.11. The van der Waals surface area contributed by atoms with Gasteiger partial charge in [-0.2, -0.15) is 4.31 Å². The third-order valence-corrected chi connectivity index (χ3v) is 4.89. The molecule has 1 N–H and O–H groups in total. The van der Waals surface area contributed by atoms with E-state index in [-0.39, 0.29) is 28.0 Å². The van der Waals surface area contributed by atoms with Crippen molar-refractivity contribution in [2.45, 2.75) is 4.90 Å². The molecule has 0 spiro atoms. The first kappa shape index (κ1) is 15.0. The lowest BCUT2D eigenvalue weighted by atomic mass is 10.4. The number of urea groups is 1. The van der Waals surface area contributed by atoms with E-state index < -0.39 is 16.1 Å². The van der Waals surface area contributed by atoms with Crippen molar-refractivity contribution in [3.8, 4) is 11.6 Å². The van der Waals surface area contributed by atoms with Crippen LogP contribution in [0.4, 0.5) is 16.3 Å². The van der Waals surface area contributed by atoms with Crippen LogP contribution in [0.2, 0.25) is 0 Å². The molecule has 9 nitrogen and oxygen atoms in total. The topological polar surface area (TPSA) is 111 Å². The molecule has 0 atom stereocenters. The first-order chi connectivity index (χ1) is 11.0. The predicted octanol–water partition coefficient (Wildman–Crippen LogP) is 1.23. The molecule has 3 rings (SSSR count). The highest BCUT2D eigenvalue weighted by molar-refractivity contribution is 7.94. The molecule has 10 heteroatoms. The van der Waals surface area contributed by atoms with Gasteiger partial charge in [-0.15, -0.1) is 0 Å². The number of carbonyl (C=O) groups is 1. The van der Waals surface area contributed by atoms with Crippen molar-refractivity contribution in [2.75, 3.05) is 23.8 Å². The molecule has 23 heavy (non-hydrogen) atoms. The van der Waals surface area contributed by atoms with Gasteiger partial charge < -0.3 is 9.47 Å². The average Bonchev–Trinajstić information content (AvgIpc) is 2.54. The van der Waals surface area contributed by atoms with Crippen molar-refractivity contribution in [3.63, 3.8) is 0 Å². The molecule has 0 fully saturated rings. The molecule has 0 unspecified atom stereocenters. The number of hydrogen-bond donors (Lipinski definition) is 1. The predicted molar refractivity (Wildman–Crippen MR) is 80.3 cm³/mol. The molecular formula is C13H12N4O5S. The number of amides is 2. The van der Waals surface area contributed by atoms with Gasteiger partial charge in [0.2, 0.25) is 0 Å². The molecule has 1 aliphatic rings. The number of nitrogens with zero attached hydrogens (tertiary/aromatic N) is 3. The van der Waals surface area contributed by atoms with E-state index >= 15 is 0 Å². The van der Waals surface area contributed by atoms with Gasteiger partial charge in [-0.3, -0.25) is 5.32 Å². The number of sulfonamides is 1. The summed E-state index contributed by atoms with van der Waals surface area (Å²) >= 11 is 0. The number of rotatable bonds is 3. The molecule has 0 saturated heterocycles. The highest BCUT2D eigenvalue weighted by Crippen LogP contribution is 2.35. The maximum Gasteiger partial charge on any atom is 0.341 e. The van der Waals surface area contributed by atoms with Gasteiger partial charge in [0, 0.05) is 12.3 Å². The number of fused-ring (bicyclic) bond motifs is 1.